The average molecular weight is 288 g/mol. The third-order valence-corrected chi connectivity index (χ3v) is 4.42. The molecule has 0 amide bonds. The van der Waals surface area contributed by atoms with E-state index in [4.69, 9.17) is 4.74 Å². The number of morpholine rings is 1. The summed E-state index contributed by atoms with van der Waals surface area (Å²) in [6.45, 7) is 5.26. The molecule has 0 radical (unpaired) electrons. The van der Waals surface area contributed by atoms with Crippen molar-refractivity contribution in [3.63, 3.8) is 0 Å². The molecule has 20 heavy (non-hydrogen) atoms. The summed E-state index contributed by atoms with van der Waals surface area (Å²) in [5.41, 5.74) is 2.67. The molecule has 0 saturated carbocycles. The number of thiophene rings is 1. The molecular formula is C16H20N2OS. The van der Waals surface area contributed by atoms with Crippen molar-refractivity contribution >= 4 is 11.3 Å². The molecule has 0 aromatic carbocycles. The molecule has 1 saturated heterocycles. The second-order valence-corrected chi connectivity index (χ2v) is 6.14. The van der Waals surface area contributed by atoms with Gasteiger partial charge in [-0.05, 0) is 53.4 Å². The minimum atomic E-state index is 0.224. The number of ether oxygens (including phenoxy) is 1. The van der Waals surface area contributed by atoms with E-state index in [2.05, 4.69) is 45.8 Å². The first-order valence-corrected chi connectivity index (χ1v) is 8.04. The van der Waals surface area contributed by atoms with E-state index in [1.807, 2.05) is 12.4 Å². The van der Waals surface area contributed by atoms with E-state index in [1.165, 1.54) is 11.1 Å². The van der Waals surface area contributed by atoms with E-state index in [1.54, 1.807) is 11.3 Å². The summed E-state index contributed by atoms with van der Waals surface area (Å²) in [5, 5.41) is 4.32. The lowest BCUT2D eigenvalue weighted by molar-refractivity contribution is -0.0783. The highest BCUT2D eigenvalue weighted by molar-refractivity contribution is 7.07. The lowest BCUT2D eigenvalue weighted by Gasteiger charge is -2.36. The van der Waals surface area contributed by atoms with Gasteiger partial charge in [0.15, 0.2) is 0 Å². The number of nitrogens with zero attached hydrogens (tertiary/aromatic N) is 2. The predicted molar refractivity (Wildman–Crippen MR) is 82.0 cm³/mol. The second kappa shape index (κ2) is 6.48. The number of rotatable bonds is 4. The molecule has 3 heterocycles. The van der Waals surface area contributed by atoms with Gasteiger partial charge in [0, 0.05) is 32.0 Å². The van der Waals surface area contributed by atoms with Crippen molar-refractivity contribution in [2.24, 2.45) is 0 Å². The highest BCUT2D eigenvalue weighted by Gasteiger charge is 2.26. The Labute approximate surface area is 124 Å². The normalized spacial score (nSPS) is 23.9. The molecule has 2 unspecified atom stereocenters. The SMILES string of the molecule is CC1CN(CCc2ccncc2)CC(c2ccsc2)O1. The fourth-order valence-electron chi connectivity index (χ4n) is 2.70. The van der Waals surface area contributed by atoms with Gasteiger partial charge in [0.2, 0.25) is 0 Å². The van der Waals surface area contributed by atoms with Crippen LogP contribution in [-0.2, 0) is 11.2 Å². The first-order chi connectivity index (χ1) is 9.81. The van der Waals surface area contributed by atoms with Crippen molar-refractivity contribution < 1.29 is 4.74 Å². The van der Waals surface area contributed by atoms with Crippen LogP contribution in [0.15, 0.2) is 41.4 Å². The van der Waals surface area contributed by atoms with E-state index in [9.17, 15) is 0 Å². The lowest BCUT2D eigenvalue weighted by atomic mass is 10.1. The Morgan fingerprint density at radius 1 is 1.30 bits per heavy atom. The maximum atomic E-state index is 6.07. The van der Waals surface area contributed by atoms with Crippen LogP contribution in [-0.4, -0.2) is 35.6 Å². The summed E-state index contributed by atoms with van der Waals surface area (Å²) in [6, 6.07) is 6.37. The molecule has 106 valence electrons. The molecule has 0 N–H and O–H groups in total. The first-order valence-electron chi connectivity index (χ1n) is 7.10. The monoisotopic (exact) mass is 288 g/mol. The summed E-state index contributed by atoms with van der Waals surface area (Å²) >= 11 is 1.74. The molecule has 2 aromatic rings. The van der Waals surface area contributed by atoms with Crippen molar-refractivity contribution in [3.05, 3.63) is 52.5 Å². The molecule has 3 nitrogen and oxygen atoms in total. The Kier molecular flexibility index (Phi) is 4.45. The predicted octanol–water partition coefficient (Wildman–Crippen LogP) is 3.15. The van der Waals surface area contributed by atoms with E-state index in [0.717, 1.165) is 26.1 Å². The lowest BCUT2D eigenvalue weighted by Crippen LogP contribution is -2.43. The number of pyridine rings is 1. The van der Waals surface area contributed by atoms with Crippen molar-refractivity contribution in [2.75, 3.05) is 19.6 Å². The fourth-order valence-corrected chi connectivity index (χ4v) is 3.40. The Bertz CT molecular complexity index is 515. The van der Waals surface area contributed by atoms with E-state index >= 15 is 0 Å². The number of hydrogen-bond donors (Lipinski definition) is 0. The molecule has 0 spiro atoms. The topological polar surface area (TPSA) is 25.4 Å². The van der Waals surface area contributed by atoms with Gasteiger partial charge in [-0.3, -0.25) is 9.88 Å². The zero-order valence-corrected chi connectivity index (χ0v) is 12.6. The first kappa shape index (κ1) is 13.7. The maximum absolute atomic E-state index is 6.07. The summed E-state index contributed by atoms with van der Waals surface area (Å²) in [5.74, 6) is 0. The standard InChI is InChI=1S/C16H20N2OS/c1-13-10-18(8-4-14-2-6-17-7-3-14)11-16(19-13)15-5-9-20-12-15/h2-3,5-7,9,12-13,16H,4,8,10-11H2,1H3. The quantitative estimate of drug-likeness (QED) is 0.864. The van der Waals surface area contributed by atoms with Crippen LogP contribution in [0.5, 0.6) is 0 Å². The zero-order chi connectivity index (χ0) is 13.8. The van der Waals surface area contributed by atoms with Gasteiger partial charge < -0.3 is 4.74 Å². The molecule has 0 aliphatic carbocycles. The molecule has 1 aliphatic heterocycles. The zero-order valence-electron chi connectivity index (χ0n) is 11.7. The Morgan fingerprint density at radius 3 is 2.90 bits per heavy atom. The Morgan fingerprint density at radius 2 is 2.15 bits per heavy atom. The van der Waals surface area contributed by atoms with Gasteiger partial charge >= 0.3 is 0 Å². The summed E-state index contributed by atoms with van der Waals surface area (Å²) in [4.78, 5) is 6.58. The van der Waals surface area contributed by atoms with Crippen LogP contribution in [0.3, 0.4) is 0 Å². The number of hydrogen-bond acceptors (Lipinski definition) is 4. The van der Waals surface area contributed by atoms with Crippen LogP contribution in [0.1, 0.15) is 24.2 Å². The van der Waals surface area contributed by atoms with Crippen LogP contribution in [0.2, 0.25) is 0 Å². The smallest absolute Gasteiger partial charge is 0.0964 e. The van der Waals surface area contributed by atoms with Gasteiger partial charge in [-0.15, -0.1) is 0 Å². The third-order valence-electron chi connectivity index (χ3n) is 3.72. The van der Waals surface area contributed by atoms with Crippen LogP contribution in [0.25, 0.3) is 0 Å². The second-order valence-electron chi connectivity index (χ2n) is 5.36. The molecule has 2 atom stereocenters. The van der Waals surface area contributed by atoms with Crippen LogP contribution < -0.4 is 0 Å². The summed E-state index contributed by atoms with van der Waals surface area (Å²) in [7, 11) is 0. The van der Waals surface area contributed by atoms with Crippen molar-refractivity contribution in [3.8, 4) is 0 Å². The maximum Gasteiger partial charge on any atom is 0.0964 e. The minimum Gasteiger partial charge on any atom is -0.368 e. The molecule has 2 aromatic heterocycles. The van der Waals surface area contributed by atoms with E-state index in [-0.39, 0.29) is 6.10 Å². The van der Waals surface area contributed by atoms with Gasteiger partial charge in [-0.25, -0.2) is 0 Å². The molecule has 3 rings (SSSR count). The van der Waals surface area contributed by atoms with Crippen molar-refractivity contribution in [1.29, 1.82) is 0 Å². The van der Waals surface area contributed by atoms with Crippen LogP contribution in [0, 0.1) is 0 Å². The summed E-state index contributed by atoms with van der Waals surface area (Å²) in [6.07, 6.45) is 5.33. The fraction of sp³-hybridized carbons (Fsp3) is 0.438. The highest BCUT2D eigenvalue weighted by atomic mass is 32.1. The van der Waals surface area contributed by atoms with Gasteiger partial charge in [0.25, 0.3) is 0 Å². The van der Waals surface area contributed by atoms with Crippen molar-refractivity contribution in [1.82, 2.24) is 9.88 Å². The van der Waals surface area contributed by atoms with Crippen LogP contribution >= 0.6 is 11.3 Å². The van der Waals surface area contributed by atoms with E-state index < -0.39 is 0 Å². The van der Waals surface area contributed by atoms with Gasteiger partial charge in [0.1, 0.15) is 0 Å². The van der Waals surface area contributed by atoms with E-state index in [0.29, 0.717) is 6.10 Å². The average Bonchev–Trinajstić information content (AvgIpc) is 3.00. The Hall–Kier alpha value is -1.23. The van der Waals surface area contributed by atoms with Gasteiger partial charge in [-0.1, -0.05) is 0 Å². The minimum absolute atomic E-state index is 0.224. The molecule has 1 fully saturated rings. The summed E-state index contributed by atoms with van der Waals surface area (Å²) < 4.78 is 6.07. The molecule has 0 bridgehead atoms. The van der Waals surface area contributed by atoms with Gasteiger partial charge in [0.05, 0.1) is 12.2 Å². The Balaban J connectivity index is 1.59. The van der Waals surface area contributed by atoms with Crippen molar-refractivity contribution in [2.45, 2.75) is 25.6 Å². The third kappa shape index (κ3) is 3.45. The molecular weight excluding hydrogens is 268 g/mol. The van der Waals surface area contributed by atoms with Crippen LogP contribution in [0.4, 0.5) is 0 Å². The molecule has 1 aliphatic rings. The van der Waals surface area contributed by atoms with Gasteiger partial charge in [-0.2, -0.15) is 11.3 Å². The molecule has 4 heteroatoms. The number of aromatic nitrogens is 1. The highest BCUT2D eigenvalue weighted by Crippen LogP contribution is 2.26. The largest absolute Gasteiger partial charge is 0.368 e.